The first-order chi connectivity index (χ1) is 11.3. The number of ketones is 1. The quantitative estimate of drug-likeness (QED) is 0.594. The third-order valence-corrected chi connectivity index (χ3v) is 4.43. The number of carbonyl (C=O) groups is 2. The van der Waals surface area contributed by atoms with Crippen LogP contribution in [0, 0.1) is 5.41 Å². The van der Waals surface area contributed by atoms with E-state index in [1.807, 2.05) is 36.4 Å². The Kier molecular flexibility index (Phi) is 5.76. The van der Waals surface area contributed by atoms with E-state index in [9.17, 15) is 9.59 Å². The fraction of sp³-hybridized carbons (Fsp3) is 0.429. The zero-order valence-corrected chi connectivity index (χ0v) is 15.0. The average molecular weight is 326 g/mol. The normalized spacial score (nSPS) is 20.2. The second-order valence-corrected chi connectivity index (χ2v) is 7.20. The van der Waals surface area contributed by atoms with Gasteiger partial charge in [-0.2, -0.15) is 0 Å². The largest absolute Gasteiger partial charge is 0.462 e. The van der Waals surface area contributed by atoms with Gasteiger partial charge >= 0.3 is 5.97 Å². The van der Waals surface area contributed by atoms with Crippen LogP contribution in [-0.2, 0) is 20.7 Å². The van der Waals surface area contributed by atoms with Gasteiger partial charge in [0.2, 0.25) is 0 Å². The van der Waals surface area contributed by atoms with E-state index < -0.39 is 0 Å². The lowest BCUT2D eigenvalue weighted by Gasteiger charge is -2.37. The number of hydrogen-bond donors (Lipinski definition) is 0. The minimum atomic E-state index is -0.183. The van der Waals surface area contributed by atoms with Crippen LogP contribution in [0.15, 0.2) is 53.6 Å². The second kappa shape index (κ2) is 7.61. The maximum Gasteiger partial charge on any atom is 0.310 e. The molecule has 3 nitrogen and oxygen atoms in total. The van der Waals surface area contributed by atoms with Crippen LogP contribution in [-0.4, -0.2) is 17.9 Å². The van der Waals surface area contributed by atoms with Crippen molar-refractivity contribution in [1.82, 2.24) is 0 Å². The van der Waals surface area contributed by atoms with Crippen molar-refractivity contribution >= 4 is 11.8 Å². The first kappa shape index (κ1) is 18.2. The standard InChI is InChI=1S/C21H26O3/c1-15-12-18(14-21(3,4)19(15)11-10-16(2)22)24-20(23)13-17-8-6-5-7-9-17/h5-11,18H,12-14H2,1-4H3/b11-10+/t18-/m1/s1. The number of rotatable bonds is 5. The fourth-order valence-electron chi connectivity index (χ4n) is 3.42. The second-order valence-electron chi connectivity index (χ2n) is 7.20. The van der Waals surface area contributed by atoms with Crippen molar-refractivity contribution in [2.24, 2.45) is 5.41 Å². The van der Waals surface area contributed by atoms with E-state index in [4.69, 9.17) is 4.74 Å². The molecule has 128 valence electrons. The molecule has 24 heavy (non-hydrogen) atoms. The highest BCUT2D eigenvalue weighted by molar-refractivity contribution is 5.87. The van der Waals surface area contributed by atoms with Crippen molar-refractivity contribution in [2.45, 2.75) is 53.1 Å². The molecule has 2 rings (SSSR count). The smallest absolute Gasteiger partial charge is 0.310 e. The van der Waals surface area contributed by atoms with E-state index in [0.29, 0.717) is 6.42 Å². The zero-order chi connectivity index (χ0) is 17.7. The van der Waals surface area contributed by atoms with Crippen LogP contribution in [0.25, 0.3) is 0 Å². The van der Waals surface area contributed by atoms with E-state index in [1.165, 1.54) is 11.1 Å². The lowest BCUT2D eigenvalue weighted by atomic mass is 9.71. The lowest BCUT2D eigenvalue weighted by Crippen LogP contribution is -2.32. The molecule has 0 heterocycles. The highest BCUT2D eigenvalue weighted by Crippen LogP contribution is 2.42. The third-order valence-electron chi connectivity index (χ3n) is 4.43. The van der Waals surface area contributed by atoms with Gasteiger partial charge in [0.05, 0.1) is 6.42 Å². The zero-order valence-electron chi connectivity index (χ0n) is 15.0. The van der Waals surface area contributed by atoms with Gasteiger partial charge in [-0.3, -0.25) is 9.59 Å². The molecule has 0 amide bonds. The molecular formula is C21H26O3. The van der Waals surface area contributed by atoms with Crippen LogP contribution in [0.2, 0.25) is 0 Å². The maximum atomic E-state index is 12.2. The van der Waals surface area contributed by atoms with Gasteiger partial charge < -0.3 is 4.74 Å². The predicted octanol–water partition coefficient (Wildman–Crippen LogP) is 4.42. The number of hydrogen-bond acceptors (Lipinski definition) is 3. The van der Waals surface area contributed by atoms with Gasteiger partial charge in [-0.25, -0.2) is 0 Å². The monoisotopic (exact) mass is 326 g/mol. The molecular weight excluding hydrogens is 300 g/mol. The molecule has 0 saturated carbocycles. The van der Waals surface area contributed by atoms with Gasteiger partial charge in [-0.05, 0) is 42.9 Å². The van der Waals surface area contributed by atoms with Crippen LogP contribution >= 0.6 is 0 Å². The summed E-state index contributed by atoms with van der Waals surface area (Å²) in [7, 11) is 0. The van der Waals surface area contributed by atoms with Gasteiger partial charge in [-0.15, -0.1) is 0 Å². The summed E-state index contributed by atoms with van der Waals surface area (Å²) in [6.45, 7) is 7.87. The molecule has 0 fully saturated rings. The maximum absolute atomic E-state index is 12.2. The van der Waals surface area contributed by atoms with Crippen LogP contribution in [0.4, 0.5) is 0 Å². The molecule has 1 aromatic rings. The summed E-state index contributed by atoms with van der Waals surface area (Å²) >= 11 is 0. The van der Waals surface area contributed by atoms with Crippen LogP contribution in [0.1, 0.15) is 46.1 Å². The highest BCUT2D eigenvalue weighted by atomic mass is 16.5. The highest BCUT2D eigenvalue weighted by Gasteiger charge is 2.34. The number of carbonyl (C=O) groups excluding carboxylic acids is 2. The molecule has 1 aromatic carbocycles. The SMILES string of the molecule is CC(=O)/C=C/C1=C(C)C[C@@H](OC(=O)Cc2ccccc2)CC1(C)C. The van der Waals surface area contributed by atoms with Crippen LogP contribution in [0.5, 0.6) is 0 Å². The Morgan fingerprint density at radius 1 is 1.25 bits per heavy atom. The van der Waals surface area contributed by atoms with Crippen LogP contribution < -0.4 is 0 Å². The lowest BCUT2D eigenvalue weighted by molar-refractivity contribution is -0.149. The first-order valence-corrected chi connectivity index (χ1v) is 8.40. The molecule has 0 aromatic heterocycles. The van der Waals surface area contributed by atoms with Gasteiger partial charge in [-0.1, -0.05) is 55.8 Å². The Labute approximate surface area is 144 Å². The van der Waals surface area contributed by atoms with Crippen molar-refractivity contribution in [3.8, 4) is 0 Å². The molecule has 0 spiro atoms. The third kappa shape index (κ3) is 4.92. The molecule has 1 atom stereocenters. The Bertz CT molecular complexity index is 666. The van der Waals surface area contributed by atoms with Crippen molar-refractivity contribution in [3.63, 3.8) is 0 Å². The predicted molar refractivity (Wildman–Crippen MR) is 95.6 cm³/mol. The molecule has 0 aliphatic heterocycles. The minimum Gasteiger partial charge on any atom is -0.462 e. The van der Waals surface area contributed by atoms with Gasteiger partial charge in [0.15, 0.2) is 5.78 Å². The summed E-state index contributed by atoms with van der Waals surface area (Å²) in [4.78, 5) is 23.4. The molecule has 3 heteroatoms. The first-order valence-electron chi connectivity index (χ1n) is 8.40. The summed E-state index contributed by atoms with van der Waals surface area (Å²) < 4.78 is 5.71. The van der Waals surface area contributed by atoms with Crippen molar-refractivity contribution < 1.29 is 14.3 Å². The van der Waals surface area contributed by atoms with Gasteiger partial charge in [0.1, 0.15) is 6.10 Å². The summed E-state index contributed by atoms with van der Waals surface area (Å²) in [6.07, 6.45) is 5.22. The minimum absolute atomic E-state index is 0.0440. The van der Waals surface area contributed by atoms with E-state index in [2.05, 4.69) is 20.8 Å². The molecule has 0 N–H and O–H groups in total. The van der Waals surface area contributed by atoms with Crippen molar-refractivity contribution in [2.75, 3.05) is 0 Å². The number of esters is 1. The van der Waals surface area contributed by atoms with Crippen molar-refractivity contribution in [1.29, 1.82) is 0 Å². The number of allylic oxidation sites excluding steroid dienone is 3. The summed E-state index contributed by atoms with van der Waals surface area (Å²) in [5.41, 5.74) is 3.20. The molecule has 0 radical (unpaired) electrons. The molecule has 0 saturated heterocycles. The molecule has 0 bridgehead atoms. The average Bonchev–Trinajstić information content (AvgIpc) is 2.45. The van der Waals surface area contributed by atoms with Gasteiger partial charge in [0.25, 0.3) is 0 Å². The van der Waals surface area contributed by atoms with E-state index in [-0.39, 0.29) is 23.3 Å². The van der Waals surface area contributed by atoms with Crippen molar-refractivity contribution in [3.05, 3.63) is 59.2 Å². The Balaban J connectivity index is 2.04. The molecule has 1 aliphatic carbocycles. The van der Waals surface area contributed by atoms with Crippen LogP contribution in [0.3, 0.4) is 0 Å². The summed E-state index contributed by atoms with van der Waals surface area (Å²) in [5, 5.41) is 0. The van der Waals surface area contributed by atoms with E-state index >= 15 is 0 Å². The van der Waals surface area contributed by atoms with E-state index in [0.717, 1.165) is 18.4 Å². The number of ether oxygens (including phenoxy) is 1. The fourth-order valence-corrected chi connectivity index (χ4v) is 3.42. The Hall–Kier alpha value is -2.16. The number of benzene rings is 1. The summed E-state index contributed by atoms with van der Waals surface area (Å²) in [5.74, 6) is -0.139. The Morgan fingerprint density at radius 2 is 1.92 bits per heavy atom. The summed E-state index contributed by atoms with van der Waals surface area (Å²) in [6, 6.07) is 9.65. The van der Waals surface area contributed by atoms with E-state index in [1.54, 1.807) is 13.0 Å². The molecule has 0 unspecified atom stereocenters. The van der Waals surface area contributed by atoms with Gasteiger partial charge in [0, 0.05) is 6.42 Å². The molecule has 1 aliphatic rings. The topological polar surface area (TPSA) is 43.4 Å². The Morgan fingerprint density at radius 3 is 2.50 bits per heavy atom.